The van der Waals surface area contributed by atoms with E-state index in [0.717, 1.165) is 44.0 Å². The first-order chi connectivity index (χ1) is 10.7. The van der Waals surface area contributed by atoms with Crippen molar-refractivity contribution in [3.63, 3.8) is 0 Å². The van der Waals surface area contributed by atoms with E-state index in [0.29, 0.717) is 6.04 Å². The number of rotatable bonds is 5. The molecular formula is C15H22N6O. The van der Waals surface area contributed by atoms with Crippen molar-refractivity contribution in [2.45, 2.75) is 31.8 Å². The summed E-state index contributed by atoms with van der Waals surface area (Å²) in [5.74, 6) is 0.851. The fourth-order valence-electron chi connectivity index (χ4n) is 2.94. The van der Waals surface area contributed by atoms with Crippen molar-refractivity contribution in [2.75, 3.05) is 18.0 Å². The third-order valence-electron chi connectivity index (χ3n) is 4.04. The average molecular weight is 302 g/mol. The number of aromatic nitrogens is 4. The summed E-state index contributed by atoms with van der Waals surface area (Å²) in [6.07, 6.45) is 5.48. The molecule has 0 saturated carbocycles. The third-order valence-corrected chi connectivity index (χ3v) is 4.04. The fourth-order valence-corrected chi connectivity index (χ4v) is 2.94. The Hall–Kier alpha value is -2.15. The number of hydrogen-bond acceptors (Lipinski definition) is 5. The Morgan fingerprint density at radius 3 is 3.00 bits per heavy atom. The van der Waals surface area contributed by atoms with Crippen LogP contribution < -0.4 is 15.8 Å². The minimum absolute atomic E-state index is 0.161. The predicted octanol–water partition coefficient (Wildman–Crippen LogP) is 0.652. The number of hydrogen-bond donors (Lipinski definition) is 2. The van der Waals surface area contributed by atoms with Crippen LogP contribution in [0.15, 0.2) is 29.2 Å². The van der Waals surface area contributed by atoms with Crippen molar-refractivity contribution >= 4 is 5.82 Å². The lowest BCUT2D eigenvalue weighted by Crippen LogP contribution is -2.46. The predicted molar refractivity (Wildman–Crippen MR) is 84.8 cm³/mol. The molecule has 1 fully saturated rings. The first-order valence-corrected chi connectivity index (χ1v) is 7.74. The Balaban J connectivity index is 1.60. The SMILES string of the molecule is Cn1ccc(CNCC2CCCCN2c2ccc(=O)[nH]n2)n1. The van der Waals surface area contributed by atoms with E-state index in [1.807, 2.05) is 24.0 Å². The summed E-state index contributed by atoms with van der Waals surface area (Å²) in [5.41, 5.74) is 0.887. The highest BCUT2D eigenvalue weighted by atomic mass is 16.1. The lowest BCUT2D eigenvalue weighted by Gasteiger charge is -2.36. The van der Waals surface area contributed by atoms with Gasteiger partial charge in [0.2, 0.25) is 0 Å². The number of aromatic amines is 1. The molecule has 0 bridgehead atoms. The van der Waals surface area contributed by atoms with Gasteiger partial charge in [0.25, 0.3) is 5.56 Å². The standard InChI is InChI=1S/C15H22N6O/c1-20-9-7-12(19-20)10-16-11-13-4-2-3-8-21(13)14-5-6-15(22)18-17-14/h5-7,9,13,16H,2-4,8,10-11H2,1H3,(H,18,22). The average Bonchev–Trinajstić information content (AvgIpc) is 2.94. The number of anilines is 1. The number of piperidine rings is 1. The summed E-state index contributed by atoms with van der Waals surface area (Å²) in [6.45, 7) is 2.64. The van der Waals surface area contributed by atoms with Crippen LogP contribution in [0.1, 0.15) is 25.0 Å². The molecule has 3 rings (SSSR count). The van der Waals surface area contributed by atoms with Crippen molar-refractivity contribution in [3.05, 3.63) is 40.4 Å². The molecule has 22 heavy (non-hydrogen) atoms. The normalized spacial score (nSPS) is 18.6. The zero-order chi connectivity index (χ0) is 15.4. The van der Waals surface area contributed by atoms with Crippen LogP contribution in [-0.2, 0) is 13.6 Å². The van der Waals surface area contributed by atoms with Gasteiger partial charge in [-0.15, -0.1) is 0 Å². The topological polar surface area (TPSA) is 78.8 Å². The summed E-state index contributed by atoms with van der Waals surface area (Å²) in [5, 5.41) is 14.5. The van der Waals surface area contributed by atoms with Crippen LogP contribution in [0.3, 0.4) is 0 Å². The van der Waals surface area contributed by atoms with E-state index >= 15 is 0 Å². The summed E-state index contributed by atoms with van der Waals surface area (Å²) >= 11 is 0. The van der Waals surface area contributed by atoms with Gasteiger partial charge >= 0.3 is 0 Å². The Morgan fingerprint density at radius 1 is 1.36 bits per heavy atom. The molecule has 0 radical (unpaired) electrons. The smallest absolute Gasteiger partial charge is 0.264 e. The van der Waals surface area contributed by atoms with Crippen molar-refractivity contribution in [1.82, 2.24) is 25.3 Å². The number of nitrogens with zero attached hydrogens (tertiary/aromatic N) is 4. The molecule has 118 valence electrons. The van der Waals surface area contributed by atoms with Crippen LogP contribution in [-0.4, -0.2) is 39.1 Å². The van der Waals surface area contributed by atoms with Gasteiger partial charge in [0.05, 0.1) is 5.69 Å². The Morgan fingerprint density at radius 2 is 2.27 bits per heavy atom. The maximum atomic E-state index is 11.2. The van der Waals surface area contributed by atoms with E-state index in [1.54, 1.807) is 6.07 Å². The lowest BCUT2D eigenvalue weighted by atomic mass is 10.0. The van der Waals surface area contributed by atoms with Gasteiger partial charge in [0.1, 0.15) is 5.82 Å². The number of aryl methyl sites for hydroxylation is 1. The van der Waals surface area contributed by atoms with Gasteiger partial charge in [0.15, 0.2) is 0 Å². The van der Waals surface area contributed by atoms with Gasteiger partial charge in [-0.1, -0.05) is 0 Å². The molecule has 1 saturated heterocycles. The van der Waals surface area contributed by atoms with Crippen molar-refractivity contribution in [1.29, 1.82) is 0 Å². The Kier molecular flexibility index (Phi) is 4.53. The molecule has 0 amide bonds. The van der Waals surface area contributed by atoms with E-state index in [1.165, 1.54) is 12.5 Å². The van der Waals surface area contributed by atoms with Gasteiger partial charge in [0, 0.05) is 45.0 Å². The molecule has 0 spiro atoms. The minimum Gasteiger partial charge on any atom is -0.351 e. The van der Waals surface area contributed by atoms with Crippen LogP contribution in [0, 0.1) is 0 Å². The molecule has 1 atom stereocenters. The van der Waals surface area contributed by atoms with Gasteiger partial charge in [-0.25, -0.2) is 5.10 Å². The summed E-state index contributed by atoms with van der Waals surface area (Å²) in [6, 6.07) is 5.76. The molecule has 2 N–H and O–H groups in total. The highest BCUT2D eigenvalue weighted by molar-refractivity contribution is 5.38. The third kappa shape index (κ3) is 3.54. The van der Waals surface area contributed by atoms with Crippen molar-refractivity contribution < 1.29 is 0 Å². The van der Waals surface area contributed by atoms with Gasteiger partial charge in [-0.05, 0) is 31.4 Å². The second-order valence-corrected chi connectivity index (χ2v) is 5.73. The van der Waals surface area contributed by atoms with Crippen LogP contribution in [0.5, 0.6) is 0 Å². The highest BCUT2D eigenvalue weighted by Gasteiger charge is 2.23. The van der Waals surface area contributed by atoms with E-state index < -0.39 is 0 Å². The van der Waals surface area contributed by atoms with Gasteiger partial charge in [-0.2, -0.15) is 10.2 Å². The lowest BCUT2D eigenvalue weighted by molar-refractivity contribution is 0.430. The Labute approximate surface area is 129 Å². The molecule has 2 aromatic rings. The molecule has 7 nitrogen and oxygen atoms in total. The summed E-state index contributed by atoms with van der Waals surface area (Å²) < 4.78 is 1.81. The number of H-pyrrole nitrogens is 1. The van der Waals surface area contributed by atoms with Crippen LogP contribution in [0.25, 0.3) is 0 Å². The molecule has 0 aliphatic carbocycles. The minimum atomic E-state index is -0.161. The maximum absolute atomic E-state index is 11.2. The summed E-state index contributed by atoms with van der Waals surface area (Å²) in [7, 11) is 1.92. The van der Waals surface area contributed by atoms with Crippen LogP contribution >= 0.6 is 0 Å². The second-order valence-electron chi connectivity index (χ2n) is 5.73. The molecule has 1 unspecified atom stereocenters. The zero-order valence-corrected chi connectivity index (χ0v) is 12.8. The van der Waals surface area contributed by atoms with Gasteiger partial charge < -0.3 is 10.2 Å². The molecular weight excluding hydrogens is 280 g/mol. The molecule has 1 aliphatic rings. The fraction of sp³-hybridized carbons (Fsp3) is 0.533. The van der Waals surface area contributed by atoms with E-state index in [-0.39, 0.29) is 5.56 Å². The number of nitrogens with one attached hydrogen (secondary N) is 2. The quantitative estimate of drug-likeness (QED) is 0.848. The second kappa shape index (κ2) is 6.74. The van der Waals surface area contributed by atoms with Crippen LogP contribution in [0.2, 0.25) is 0 Å². The molecule has 3 heterocycles. The molecule has 7 heteroatoms. The van der Waals surface area contributed by atoms with E-state index in [2.05, 4.69) is 25.5 Å². The zero-order valence-electron chi connectivity index (χ0n) is 12.8. The van der Waals surface area contributed by atoms with Crippen LogP contribution in [0.4, 0.5) is 5.82 Å². The molecule has 0 aromatic carbocycles. The summed E-state index contributed by atoms with van der Waals surface area (Å²) in [4.78, 5) is 13.4. The first kappa shape index (κ1) is 14.8. The molecule has 1 aliphatic heterocycles. The van der Waals surface area contributed by atoms with E-state index in [4.69, 9.17) is 0 Å². The monoisotopic (exact) mass is 302 g/mol. The maximum Gasteiger partial charge on any atom is 0.264 e. The van der Waals surface area contributed by atoms with E-state index in [9.17, 15) is 4.79 Å². The largest absolute Gasteiger partial charge is 0.351 e. The molecule has 2 aromatic heterocycles. The van der Waals surface area contributed by atoms with Crippen molar-refractivity contribution in [3.8, 4) is 0 Å². The van der Waals surface area contributed by atoms with Crippen molar-refractivity contribution in [2.24, 2.45) is 7.05 Å². The highest BCUT2D eigenvalue weighted by Crippen LogP contribution is 2.21. The first-order valence-electron chi connectivity index (χ1n) is 7.74. The Bertz CT molecular complexity index is 644. The van der Waals surface area contributed by atoms with Gasteiger partial charge in [-0.3, -0.25) is 9.48 Å².